The van der Waals surface area contributed by atoms with Gasteiger partial charge in [0.15, 0.2) is 6.61 Å². The Bertz CT molecular complexity index is 785. The zero-order valence-electron chi connectivity index (χ0n) is 15.8. The quantitative estimate of drug-likeness (QED) is 0.717. The number of nitrogens with one attached hydrogen (secondary N) is 2. The standard InChI is InChI=1S/C19H23N3O5S/c1-12(2)20-18(26)21-15(23)10-27-17(25)14-11-28-19(9-8-16(24)22(14)19)13-6-4-3-5-7-13/h3-7,12,14H,8-11H2,1-2H3,(H2,20,21,23,26)/t14-,19+/m1/s1. The lowest BCUT2D eigenvalue weighted by atomic mass is 10.0. The SMILES string of the molecule is CC(C)NC(=O)NC(=O)COC(=O)[C@H]1CS[C@]2(c3ccccc3)CCC(=O)N12. The summed E-state index contributed by atoms with van der Waals surface area (Å²) in [6.45, 7) is 2.94. The molecule has 2 N–H and O–H groups in total. The van der Waals surface area contributed by atoms with Crippen molar-refractivity contribution in [1.29, 1.82) is 0 Å². The highest BCUT2D eigenvalue weighted by molar-refractivity contribution is 8.00. The molecule has 0 saturated carbocycles. The van der Waals surface area contributed by atoms with Crippen LogP contribution in [0.3, 0.4) is 0 Å². The summed E-state index contributed by atoms with van der Waals surface area (Å²) in [5.74, 6) is -1.06. The average molecular weight is 405 g/mol. The predicted octanol–water partition coefficient (Wildman–Crippen LogP) is 1.35. The molecule has 1 aromatic carbocycles. The van der Waals surface area contributed by atoms with E-state index in [4.69, 9.17) is 4.74 Å². The fraction of sp³-hybridized carbons (Fsp3) is 0.474. The van der Waals surface area contributed by atoms with E-state index in [1.807, 2.05) is 30.3 Å². The van der Waals surface area contributed by atoms with Crippen molar-refractivity contribution in [2.75, 3.05) is 12.4 Å². The number of thioether (sulfide) groups is 1. The molecule has 2 heterocycles. The Morgan fingerprint density at radius 2 is 2.00 bits per heavy atom. The zero-order valence-corrected chi connectivity index (χ0v) is 16.6. The van der Waals surface area contributed by atoms with E-state index in [0.717, 1.165) is 5.56 Å². The number of hydrogen-bond donors (Lipinski definition) is 2. The largest absolute Gasteiger partial charge is 0.454 e. The number of amides is 4. The first-order valence-corrected chi connectivity index (χ1v) is 10.1. The van der Waals surface area contributed by atoms with Crippen molar-refractivity contribution in [3.63, 3.8) is 0 Å². The molecular weight excluding hydrogens is 382 g/mol. The molecule has 0 unspecified atom stereocenters. The van der Waals surface area contributed by atoms with Gasteiger partial charge in [-0.3, -0.25) is 14.9 Å². The van der Waals surface area contributed by atoms with Crippen molar-refractivity contribution < 1.29 is 23.9 Å². The number of ether oxygens (including phenoxy) is 1. The number of nitrogens with zero attached hydrogens (tertiary/aromatic N) is 1. The van der Waals surface area contributed by atoms with Crippen LogP contribution in [0.2, 0.25) is 0 Å². The summed E-state index contributed by atoms with van der Waals surface area (Å²) >= 11 is 1.55. The Morgan fingerprint density at radius 1 is 1.29 bits per heavy atom. The molecule has 2 fully saturated rings. The number of imide groups is 1. The highest BCUT2D eigenvalue weighted by Gasteiger charge is 2.57. The van der Waals surface area contributed by atoms with E-state index in [-0.39, 0.29) is 11.9 Å². The van der Waals surface area contributed by atoms with Crippen molar-refractivity contribution >= 4 is 35.6 Å². The van der Waals surface area contributed by atoms with Gasteiger partial charge in [0.05, 0.1) is 0 Å². The lowest BCUT2D eigenvalue weighted by Crippen LogP contribution is -2.48. The molecule has 0 aromatic heterocycles. The van der Waals surface area contributed by atoms with E-state index >= 15 is 0 Å². The molecule has 0 bridgehead atoms. The predicted molar refractivity (Wildman–Crippen MR) is 103 cm³/mol. The summed E-state index contributed by atoms with van der Waals surface area (Å²) in [6, 6.07) is 8.09. The minimum atomic E-state index is -0.752. The van der Waals surface area contributed by atoms with Crippen LogP contribution in [-0.4, -0.2) is 53.2 Å². The number of carbonyl (C=O) groups excluding carboxylic acids is 4. The number of esters is 1. The van der Waals surface area contributed by atoms with Gasteiger partial charge in [-0.2, -0.15) is 0 Å². The van der Waals surface area contributed by atoms with Crippen LogP contribution in [0.5, 0.6) is 0 Å². The fourth-order valence-electron chi connectivity index (χ4n) is 3.51. The molecule has 9 heteroatoms. The van der Waals surface area contributed by atoms with E-state index in [1.54, 1.807) is 30.5 Å². The molecule has 2 atom stereocenters. The Hall–Kier alpha value is -2.55. The van der Waals surface area contributed by atoms with E-state index in [1.165, 1.54) is 0 Å². The van der Waals surface area contributed by atoms with Crippen molar-refractivity contribution in [1.82, 2.24) is 15.5 Å². The highest BCUT2D eigenvalue weighted by atomic mass is 32.2. The number of hydrogen-bond acceptors (Lipinski definition) is 6. The van der Waals surface area contributed by atoms with Crippen LogP contribution in [0, 0.1) is 0 Å². The van der Waals surface area contributed by atoms with Crippen molar-refractivity contribution in [2.24, 2.45) is 0 Å². The maximum Gasteiger partial charge on any atom is 0.330 e. The molecule has 1 aromatic rings. The van der Waals surface area contributed by atoms with Crippen LogP contribution in [0.1, 0.15) is 32.3 Å². The third-order valence-corrected chi connectivity index (χ3v) is 6.24. The Labute approximate surface area is 167 Å². The molecule has 2 aliphatic heterocycles. The molecule has 0 radical (unpaired) electrons. The summed E-state index contributed by atoms with van der Waals surface area (Å²) in [7, 11) is 0. The van der Waals surface area contributed by atoms with Gasteiger partial charge in [0.2, 0.25) is 5.91 Å². The highest BCUT2D eigenvalue weighted by Crippen LogP contribution is 2.54. The van der Waals surface area contributed by atoms with Crippen LogP contribution < -0.4 is 10.6 Å². The third kappa shape index (κ3) is 3.99. The monoisotopic (exact) mass is 405 g/mol. The second-order valence-electron chi connectivity index (χ2n) is 7.02. The van der Waals surface area contributed by atoms with Gasteiger partial charge in [-0.25, -0.2) is 9.59 Å². The zero-order chi connectivity index (χ0) is 20.3. The molecular formula is C19H23N3O5S. The second kappa shape index (κ2) is 8.22. The number of fused-ring (bicyclic) bond motifs is 1. The fourth-order valence-corrected chi connectivity index (χ4v) is 5.15. The van der Waals surface area contributed by atoms with Gasteiger partial charge in [-0.05, 0) is 25.8 Å². The maximum absolute atomic E-state index is 12.6. The summed E-state index contributed by atoms with van der Waals surface area (Å²) in [5.41, 5.74) is 0.976. The lowest BCUT2D eigenvalue weighted by Gasteiger charge is -2.33. The molecule has 8 nitrogen and oxygen atoms in total. The number of urea groups is 1. The minimum absolute atomic E-state index is 0.100. The van der Waals surface area contributed by atoms with Crippen LogP contribution in [0.25, 0.3) is 0 Å². The normalized spacial score (nSPS) is 23.5. The molecule has 0 spiro atoms. The molecule has 3 rings (SSSR count). The van der Waals surface area contributed by atoms with Crippen LogP contribution in [-0.2, 0) is 24.0 Å². The Kier molecular flexibility index (Phi) is 5.93. The molecule has 28 heavy (non-hydrogen) atoms. The number of benzene rings is 1. The number of rotatable bonds is 5. The first-order chi connectivity index (χ1) is 13.3. The van der Waals surface area contributed by atoms with Gasteiger partial charge >= 0.3 is 12.0 Å². The molecule has 0 aliphatic carbocycles. The van der Waals surface area contributed by atoms with E-state index in [0.29, 0.717) is 18.6 Å². The van der Waals surface area contributed by atoms with Gasteiger partial charge in [0.25, 0.3) is 5.91 Å². The van der Waals surface area contributed by atoms with Crippen molar-refractivity contribution in [2.45, 2.75) is 43.6 Å². The van der Waals surface area contributed by atoms with Crippen LogP contribution in [0.15, 0.2) is 30.3 Å². The molecule has 150 valence electrons. The van der Waals surface area contributed by atoms with Gasteiger partial charge < -0.3 is 15.0 Å². The molecule has 4 amide bonds. The Balaban J connectivity index is 1.63. The van der Waals surface area contributed by atoms with Crippen molar-refractivity contribution in [3.05, 3.63) is 35.9 Å². The lowest BCUT2D eigenvalue weighted by molar-refractivity contribution is -0.156. The van der Waals surface area contributed by atoms with Crippen LogP contribution >= 0.6 is 11.8 Å². The van der Waals surface area contributed by atoms with Gasteiger partial charge in [0.1, 0.15) is 10.9 Å². The second-order valence-corrected chi connectivity index (χ2v) is 8.32. The summed E-state index contributed by atoms with van der Waals surface area (Å²) in [6.07, 6.45) is 0.988. The van der Waals surface area contributed by atoms with Gasteiger partial charge in [0, 0.05) is 18.2 Å². The van der Waals surface area contributed by atoms with Crippen molar-refractivity contribution in [3.8, 4) is 0 Å². The molecule has 2 aliphatic rings. The van der Waals surface area contributed by atoms with E-state index < -0.39 is 35.4 Å². The van der Waals surface area contributed by atoms with E-state index in [2.05, 4.69) is 10.6 Å². The first-order valence-electron chi connectivity index (χ1n) is 9.12. The summed E-state index contributed by atoms with van der Waals surface area (Å²) < 4.78 is 5.09. The summed E-state index contributed by atoms with van der Waals surface area (Å²) in [5, 5.41) is 4.60. The Morgan fingerprint density at radius 3 is 2.68 bits per heavy atom. The number of carbonyl (C=O) groups is 4. The van der Waals surface area contributed by atoms with Gasteiger partial charge in [-0.15, -0.1) is 11.8 Å². The third-order valence-electron chi connectivity index (χ3n) is 4.64. The average Bonchev–Trinajstić information content (AvgIpc) is 3.19. The smallest absolute Gasteiger partial charge is 0.330 e. The van der Waals surface area contributed by atoms with Gasteiger partial charge in [-0.1, -0.05) is 30.3 Å². The first kappa shape index (κ1) is 20.2. The van der Waals surface area contributed by atoms with Crippen LogP contribution in [0.4, 0.5) is 4.79 Å². The maximum atomic E-state index is 12.6. The van der Waals surface area contributed by atoms with E-state index in [9.17, 15) is 19.2 Å². The molecule has 2 saturated heterocycles. The topological polar surface area (TPSA) is 105 Å². The summed E-state index contributed by atoms with van der Waals surface area (Å²) in [4.78, 5) is 49.4. The minimum Gasteiger partial charge on any atom is -0.454 e.